The number of methoxy groups -OCH3 is 1. The summed E-state index contributed by atoms with van der Waals surface area (Å²) in [6, 6.07) is 9.89. The van der Waals surface area contributed by atoms with Crippen LogP contribution in [0.25, 0.3) is 11.0 Å². The molecule has 2 aliphatic heterocycles. The van der Waals surface area contributed by atoms with Gasteiger partial charge in [0.05, 0.1) is 24.7 Å². The van der Waals surface area contributed by atoms with Crippen LogP contribution in [0.15, 0.2) is 48.8 Å². The van der Waals surface area contributed by atoms with Crippen LogP contribution in [0.4, 0.5) is 4.79 Å². The molecule has 2 aromatic carbocycles. The monoisotopic (exact) mass is 427 g/mol. The fraction of sp³-hybridized carbons (Fsp3) is 0.174. The Morgan fingerprint density at radius 2 is 1.91 bits per heavy atom. The number of nitrogens with zero attached hydrogens (tertiary/aromatic N) is 3. The summed E-state index contributed by atoms with van der Waals surface area (Å²) in [7, 11) is 1.53. The van der Waals surface area contributed by atoms with Crippen molar-refractivity contribution < 1.29 is 19.1 Å². The molecular weight excluding hydrogens is 410 g/mol. The lowest BCUT2D eigenvalue weighted by atomic mass is 9.99. The molecule has 2 aliphatic rings. The first kappa shape index (κ1) is 19.5. The molecule has 0 radical (unpaired) electrons. The third-order valence-electron chi connectivity index (χ3n) is 5.46. The molecule has 0 unspecified atom stereocenters. The van der Waals surface area contributed by atoms with Crippen molar-refractivity contribution in [3.63, 3.8) is 0 Å². The van der Waals surface area contributed by atoms with E-state index in [0.29, 0.717) is 28.9 Å². The van der Waals surface area contributed by atoms with E-state index in [9.17, 15) is 14.4 Å². The Balaban J connectivity index is 1.47. The molecule has 0 bridgehead atoms. The standard InChI is InChI=1S/C23H17N5O4/c1-32-16-4-3-15-12-28(20(29)17(15)11-16)13-23(21(30)26-22(31)27-23)7-6-14-2-5-18-19(10-14)25-9-8-24-18/h2-5,8-11H,12-13H2,1H3,(H2,26,27,30,31)/t23-/m1/s1. The van der Waals surface area contributed by atoms with Gasteiger partial charge in [0, 0.05) is 30.1 Å². The Morgan fingerprint density at radius 3 is 2.66 bits per heavy atom. The summed E-state index contributed by atoms with van der Waals surface area (Å²) in [5.74, 6) is 5.55. The normalized spacial score (nSPS) is 19.3. The molecule has 9 heteroatoms. The number of imide groups is 1. The molecule has 0 spiro atoms. The molecule has 4 amide bonds. The van der Waals surface area contributed by atoms with Crippen LogP contribution in [0.2, 0.25) is 0 Å². The number of amides is 4. The van der Waals surface area contributed by atoms with Crippen LogP contribution in [0, 0.1) is 11.8 Å². The third kappa shape index (κ3) is 3.28. The van der Waals surface area contributed by atoms with Gasteiger partial charge in [-0.1, -0.05) is 17.9 Å². The maximum atomic E-state index is 13.0. The zero-order valence-corrected chi connectivity index (χ0v) is 17.0. The van der Waals surface area contributed by atoms with E-state index < -0.39 is 17.5 Å². The highest BCUT2D eigenvalue weighted by molar-refractivity contribution is 6.10. The summed E-state index contributed by atoms with van der Waals surface area (Å²) in [5, 5.41) is 4.83. The maximum absolute atomic E-state index is 13.0. The zero-order valence-electron chi connectivity index (χ0n) is 17.0. The Bertz CT molecular complexity index is 1360. The summed E-state index contributed by atoms with van der Waals surface area (Å²) in [6.07, 6.45) is 3.18. The van der Waals surface area contributed by atoms with Crippen LogP contribution >= 0.6 is 0 Å². The van der Waals surface area contributed by atoms with Crippen LogP contribution in [0.1, 0.15) is 21.5 Å². The highest BCUT2D eigenvalue weighted by atomic mass is 16.5. The van der Waals surface area contributed by atoms with Crippen molar-refractivity contribution in [2.24, 2.45) is 0 Å². The van der Waals surface area contributed by atoms with Crippen molar-refractivity contribution in [1.82, 2.24) is 25.5 Å². The molecule has 9 nitrogen and oxygen atoms in total. The lowest BCUT2D eigenvalue weighted by Gasteiger charge is -2.26. The molecule has 1 saturated heterocycles. The van der Waals surface area contributed by atoms with Gasteiger partial charge in [0.1, 0.15) is 5.75 Å². The average molecular weight is 427 g/mol. The predicted molar refractivity (Wildman–Crippen MR) is 114 cm³/mol. The number of urea groups is 1. The van der Waals surface area contributed by atoms with E-state index in [-0.39, 0.29) is 12.5 Å². The highest BCUT2D eigenvalue weighted by Crippen LogP contribution is 2.28. The van der Waals surface area contributed by atoms with Crippen LogP contribution in [0.5, 0.6) is 5.75 Å². The molecular formula is C23H17N5O4. The lowest BCUT2D eigenvalue weighted by molar-refractivity contribution is -0.122. The second kappa shape index (κ2) is 7.35. The molecule has 3 aromatic rings. The van der Waals surface area contributed by atoms with Crippen LogP contribution in [0.3, 0.4) is 0 Å². The molecule has 2 N–H and O–H groups in total. The van der Waals surface area contributed by atoms with Crippen molar-refractivity contribution in [2.45, 2.75) is 12.1 Å². The van der Waals surface area contributed by atoms with E-state index in [2.05, 4.69) is 32.4 Å². The van der Waals surface area contributed by atoms with Crippen LogP contribution in [-0.2, 0) is 11.3 Å². The molecule has 1 aromatic heterocycles. The van der Waals surface area contributed by atoms with Gasteiger partial charge in [-0.2, -0.15) is 0 Å². The number of hydrogen-bond acceptors (Lipinski definition) is 6. The first-order valence-corrected chi connectivity index (χ1v) is 9.81. The number of hydrogen-bond donors (Lipinski definition) is 2. The van der Waals surface area contributed by atoms with E-state index in [1.165, 1.54) is 12.0 Å². The smallest absolute Gasteiger partial charge is 0.323 e. The molecule has 1 fully saturated rings. The molecule has 1 atom stereocenters. The Morgan fingerprint density at radius 1 is 1.09 bits per heavy atom. The van der Waals surface area contributed by atoms with E-state index >= 15 is 0 Å². The van der Waals surface area contributed by atoms with Crippen molar-refractivity contribution in [3.05, 3.63) is 65.5 Å². The number of nitrogens with one attached hydrogen (secondary N) is 2. The quantitative estimate of drug-likeness (QED) is 0.480. The van der Waals surface area contributed by atoms with Gasteiger partial charge in [-0.05, 0) is 35.9 Å². The SMILES string of the molecule is COc1ccc2c(c1)C(=O)N(C[C@@]1(C#Cc3ccc4nccnc4c3)NC(=O)NC1=O)C2. The number of carbonyl (C=O) groups is 3. The van der Waals surface area contributed by atoms with Crippen LogP contribution < -0.4 is 15.4 Å². The second-order valence-corrected chi connectivity index (χ2v) is 7.51. The van der Waals surface area contributed by atoms with Gasteiger partial charge in [-0.15, -0.1) is 0 Å². The minimum absolute atomic E-state index is 0.0964. The molecule has 158 valence electrons. The third-order valence-corrected chi connectivity index (χ3v) is 5.46. The Labute approximate surface area is 182 Å². The second-order valence-electron chi connectivity index (χ2n) is 7.51. The van der Waals surface area contributed by atoms with E-state index in [1.54, 1.807) is 42.7 Å². The van der Waals surface area contributed by atoms with Crippen molar-refractivity contribution in [2.75, 3.05) is 13.7 Å². The van der Waals surface area contributed by atoms with Gasteiger partial charge in [0.25, 0.3) is 11.8 Å². The van der Waals surface area contributed by atoms with Gasteiger partial charge in [-0.25, -0.2) is 4.79 Å². The van der Waals surface area contributed by atoms with Gasteiger partial charge in [0.15, 0.2) is 0 Å². The number of fused-ring (bicyclic) bond motifs is 2. The minimum Gasteiger partial charge on any atom is -0.497 e. The Kier molecular flexibility index (Phi) is 4.48. The molecule has 3 heterocycles. The summed E-state index contributed by atoms with van der Waals surface area (Å²) in [5.41, 5.74) is 1.73. The highest BCUT2D eigenvalue weighted by Gasteiger charge is 2.48. The maximum Gasteiger partial charge on any atom is 0.323 e. The minimum atomic E-state index is -1.57. The number of aromatic nitrogens is 2. The first-order chi connectivity index (χ1) is 15.5. The molecule has 32 heavy (non-hydrogen) atoms. The fourth-order valence-electron chi connectivity index (χ4n) is 3.83. The predicted octanol–water partition coefficient (Wildman–Crippen LogP) is 1.22. The van der Waals surface area contributed by atoms with Crippen LogP contribution in [-0.4, -0.2) is 51.9 Å². The largest absolute Gasteiger partial charge is 0.497 e. The van der Waals surface area contributed by atoms with Gasteiger partial charge in [0.2, 0.25) is 5.54 Å². The summed E-state index contributed by atoms with van der Waals surface area (Å²) in [4.78, 5) is 47.6. The molecule has 5 rings (SSSR count). The zero-order chi connectivity index (χ0) is 22.3. The average Bonchev–Trinajstić information content (AvgIpc) is 3.26. The van der Waals surface area contributed by atoms with E-state index in [4.69, 9.17) is 4.74 Å². The summed E-state index contributed by atoms with van der Waals surface area (Å²) < 4.78 is 5.20. The van der Waals surface area contributed by atoms with Gasteiger partial charge in [-0.3, -0.25) is 24.9 Å². The van der Waals surface area contributed by atoms with Crippen molar-refractivity contribution in [3.8, 4) is 17.6 Å². The lowest BCUT2D eigenvalue weighted by Crippen LogP contribution is -2.54. The molecule has 0 saturated carbocycles. The molecule has 0 aliphatic carbocycles. The Hall–Kier alpha value is -4.45. The number of carbonyl (C=O) groups excluding carboxylic acids is 3. The van der Waals surface area contributed by atoms with E-state index in [0.717, 1.165) is 11.1 Å². The fourth-order valence-corrected chi connectivity index (χ4v) is 3.83. The number of ether oxygens (including phenoxy) is 1. The summed E-state index contributed by atoms with van der Waals surface area (Å²) >= 11 is 0. The number of benzene rings is 2. The van der Waals surface area contributed by atoms with Gasteiger partial charge >= 0.3 is 6.03 Å². The van der Waals surface area contributed by atoms with E-state index in [1.807, 2.05) is 6.07 Å². The first-order valence-electron chi connectivity index (χ1n) is 9.81. The van der Waals surface area contributed by atoms with Gasteiger partial charge < -0.3 is 15.0 Å². The summed E-state index contributed by atoms with van der Waals surface area (Å²) in [6.45, 7) is 0.205. The van der Waals surface area contributed by atoms with Crippen molar-refractivity contribution >= 4 is 28.9 Å². The topological polar surface area (TPSA) is 114 Å². The number of rotatable bonds is 3. The van der Waals surface area contributed by atoms with Crippen molar-refractivity contribution in [1.29, 1.82) is 0 Å².